The molecule has 1 saturated carbocycles. The van der Waals surface area contributed by atoms with E-state index in [2.05, 4.69) is 11.9 Å². The average Bonchev–Trinajstić information content (AvgIpc) is 3.08. The monoisotopic (exact) mass is 418 g/mol. The minimum Gasteiger partial charge on any atom is -0.497 e. The molecule has 0 spiro atoms. The zero-order valence-corrected chi connectivity index (χ0v) is 18.3. The SMILES string of the molecule is CCCCC1CCC(C(=O)N=c2sc3cc(OC)ccc3n2CC(=O)OC)CC1. The molecular formula is C22H30N2O4S. The van der Waals surface area contributed by atoms with Crippen LogP contribution in [0.2, 0.25) is 0 Å². The highest BCUT2D eigenvalue weighted by molar-refractivity contribution is 7.16. The molecule has 0 atom stereocenters. The van der Waals surface area contributed by atoms with Crippen molar-refractivity contribution in [2.45, 2.75) is 58.4 Å². The highest BCUT2D eigenvalue weighted by Crippen LogP contribution is 2.32. The molecule has 1 amide bonds. The molecule has 7 heteroatoms. The van der Waals surface area contributed by atoms with Crippen LogP contribution in [0.25, 0.3) is 10.2 Å². The summed E-state index contributed by atoms with van der Waals surface area (Å²) in [6, 6.07) is 5.62. The normalized spacial score (nSPS) is 20.0. The Morgan fingerprint density at radius 3 is 2.62 bits per heavy atom. The van der Waals surface area contributed by atoms with Crippen molar-refractivity contribution < 1.29 is 19.1 Å². The van der Waals surface area contributed by atoms with Gasteiger partial charge in [-0.3, -0.25) is 9.59 Å². The summed E-state index contributed by atoms with van der Waals surface area (Å²) >= 11 is 1.40. The van der Waals surface area contributed by atoms with Gasteiger partial charge in [0.25, 0.3) is 5.91 Å². The predicted molar refractivity (Wildman–Crippen MR) is 114 cm³/mol. The number of unbranched alkanes of at least 4 members (excludes halogenated alkanes) is 1. The Morgan fingerprint density at radius 2 is 1.97 bits per heavy atom. The van der Waals surface area contributed by atoms with Gasteiger partial charge >= 0.3 is 5.97 Å². The predicted octanol–water partition coefficient (Wildman–Crippen LogP) is 4.31. The molecule has 158 valence electrons. The first-order chi connectivity index (χ1) is 14.0. The number of methoxy groups -OCH3 is 2. The lowest BCUT2D eigenvalue weighted by Gasteiger charge is -2.26. The number of ether oxygens (including phenoxy) is 2. The molecule has 0 saturated heterocycles. The molecule has 1 fully saturated rings. The smallest absolute Gasteiger partial charge is 0.325 e. The zero-order valence-electron chi connectivity index (χ0n) is 17.5. The van der Waals surface area contributed by atoms with Crippen LogP contribution < -0.4 is 9.54 Å². The topological polar surface area (TPSA) is 69.9 Å². The summed E-state index contributed by atoms with van der Waals surface area (Å²) in [4.78, 5) is 29.8. The molecule has 29 heavy (non-hydrogen) atoms. The molecule has 3 rings (SSSR count). The summed E-state index contributed by atoms with van der Waals surface area (Å²) in [6.45, 7) is 2.25. The Kier molecular flexibility index (Phi) is 7.47. The van der Waals surface area contributed by atoms with Crippen LogP contribution in [0, 0.1) is 11.8 Å². The largest absolute Gasteiger partial charge is 0.497 e. The summed E-state index contributed by atoms with van der Waals surface area (Å²) in [6.07, 6.45) is 7.80. The maximum Gasteiger partial charge on any atom is 0.325 e. The standard InChI is InChI=1S/C22H30N2O4S/c1-4-5-6-15-7-9-16(10-8-15)21(26)23-22-24(14-20(25)28-3)18-12-11-17(27-2)13-19(18)29-22/h11-13,15-16H,4-10,14H2,1-3H3. The number of amides is 1. The third kappa shape index (κ3) is 5.26. The van der Waals surface area contributed by atoms with E-state index in [1.165, 1.54) is 37.7 Å². The van der Waals surface area contributed by atoms with Crippen LogP contribution in [0.15, 0.2) is 23.2 Å². The molecule has 0 N–H and O–H groups in total. The van der Waals surface area contributed by atoms with Gasteiger partial charge in [0.05, 0.1) is 24.4 Å². The number of thiazole rings is 1. The van der Waals surface area contributed by atoms with Crippen molar-refractivity contribution in [1.82, 2.24) is 4.57 Å². The number of aromatic nitrogens is 1. The number of rotatable bonds is 7. The van der Waals surface area contributed by atoms with Gasteiger partial charge in [-0.1, -0.05) is 37.5 Å². The first-order valence-electron chi connectivity index (χ1n) is 10.4. The van der Waals surface area contributed by atoms with Crippen molar-refractivity contribution in [2.24, 2.45) is 16.8 Å². The van der Waals surface area contributed by atoms with Crippen molar-refractivity contribution in [1.29, 1.82) is 0 Å². The number of esters is 1. The highest BCUT2D eigenvalue weighted by Gasteiger charge is 2.26. The zero-order chi connectivity index (χ0) is 20.8. The number of carbonyl (C=O) groups excluding carboxylic acids is 2. The van der Waals surface area contributed by atoms with Crippen LogP contribution in [-0.2, 0) is 20.9 Å². The minimum atomic E-state index is -0.370. The molecule has 2 aromatic rings. The van der Waals surface area contributed by atoms with Crippen LogP contribution in [0.3, 0.4) is 0 Å². The van der Waals surface area contributed by atoms with E-state index in [1.54, 1.807) is 11.7 Å². The molecule has 0 unspecified atom stereocenters. The lowest BCUT2D eigenvalue weighted by atomic mass is 9.79. The second kappa shape index (κ2) is 10.1. The van der Waals surface area contributed by atoms with Gasteiger partial charge in [-0.05, 0) is 49.8 Å². The Hall–Kier alpha value is -2.15. The number of fused-ring (bicyclic) bond motifs is 1. The van der Waals surface area contributed by atoms with E-state index < -0.39 is 0 Å². The molecule has 1 aliphatic carbocycles. The van der Waals surface area contributed by atoms with E-state index in [-0.39, 0.29) is 24.3 Å². The highest BCUT2D eigenvalue weighted by atomic mass is 32.1. The number of hydrogen-bond donors (Lipinski definition) is 0. The quantitative estimate of drug-likeness (QED) is 0.628. The molecular weight excluding hydrogens is 388 g/mol. The van der Waals surface area contributed by atoms with Gasteiger partial charge in [-0.2, -0.15) is 4.99 Å². The van der Waals surface area contributed by atoms with Gasteiger partial charge in [0.2, 0.25) is 0 Å². The van der Waals surface area contributed by atoms with Crippen molar-refractivity contribution in [3.05, 3.63) is 23.0 Å². The number of hydrogen-bond acceptors (Lipinski definition) is 5. The third-order valence-electron chi connectivity index (χ3n) is 5.77. The van der Waals surface area contributed by atoms with Crippen LogP contribution in [0.4, 0.5) is 0 Å². The minimum absolute atomic E-state index is 0.0146. The molecule has 1 heterocycles. The van der Waals surface area contributed by atoms with Gasteiger partial charge in [-0.15, -0.1) is 0 Å². The molecule has 0 radical (unpaired) electrons. The maximum atomic E-state index is 12.9. The summed E-state index contributed by atoms with van der Waals surface area (Å²) in [7, 11) is 2.97. The van der Waals surface area contributed by atoms with Crippen LogP contribution in [-0.4, -0.2) is 30.7 Å². The second-order valence-electron chi connectivity index (χ2n) is 7.69. The lowest BCUT2D eigenvalue weighted by molar-refractivity contribution is -0.141. The van der Waals surface area contributed by atoms with E-state index >= 15 is 0 Å². The van der Waals surface area contributed by atoms with Crippen molar-refractivity contribution in [3.63, 3.8) is 0 Å². The molecule has 0 aliphatic heterocycles. The Morgan fingerprint density at radius 1 is 1.21 bits per heavy atom. The maximum absolute atomic E-state index is 12.9. The first kappa shape index (κ1) is 21.6. The lowest BCUT2D eigenvalue weighted by Crippen LogP contribution is -2.26. The van der Waals surface area contributed by atoms with Gasteiger partial charge in [-0.25, -0.2) is 0 Å². The molecule has 1 aromatic carbocycles. The number of nitrogens with zero attached hydrogens (tertiary/aromatic N) is 2. The third-order valence-corrected chi connectivity index (χ3v) is 6.81. The number of carbonyl (C=O) groups is 2. The van der Waals surface area contributed by atoms with E-state index in [1.807, 2.05) is 18.2 Å². The molecule has 1 aromatic heterocycles. The van der Waals surface area contributed by atoms with Gasteiger partial charge in [0.15, 0.2) is 4.80 Å². The Balaban J connectivity index is 1.85. The fourth-order valence-electron chi connectivity index (χ4n) is 3.99. The number of benzene rings is 1. The van der Waals surface area contributed by atoms with Crippen LogP contribution in [0.1, 0.15) is 51.9 Å². The Labute approximate surface area is 175 Å². The second-order valence-corrected chi connectivity index (χ2v) is 8.70. The van der Waals surface area contributed by atoms with Crippen LogP contribution >= 0.6 is 11.3 Å². The Bertz CT molecular complexity index is 923. The molecule has 0 bridgehead atoms. The summed E-state index contributed by atoms with van der Waals surface area (Å²) < 4.78 is 12.8. The van der Waals surface area contributed by atoms with Crippen molar-refractivity contribution in [2.75, 3.05) is 14.2 Å². The van der Waals surface area contributed by atoms with E-state index in [0.29, 0.717) is 4.80 Å². The van der Waals surface area contributed by atoms with E-state index in [9.17, 15) is 9.59 Å². The van der Waals surface area contributed by atoms with Gasteiger partial charge in [0, 0.05) is 5.92 Å². The summed E-state index contributed by atoms with van der Waals surface area (Å²) in [5.41, 5.74) is 0.844. The van der Waals surface area contributed by atoms with Gasteiger partial charge in [0.1, 0.15) is 12.3 Å². The van der Waals surface area contributed by atoms with Crippen molar-refractivity contribution >= 4 is 33.4 Å². The van der Waals surface area contributed by atoms with Crippen LogP contribution in [0.5, 0.6) is 5.75 Å². The average molecular weight is 419 g/mol. The summed E-state index contributed by atoms with van der Waals surface area (Å²) in [5.74, 6) is 1.02. The van der Waals surface area contributed by atoms with E-state index in [4.69, 9.17) is 9.47 Å². The molecule has 6 nitrogen and oxygen atoms in total. The fourth-order valence-corrected chi connectivity index (χ4v) is 5.05. The molecule has 1 aliphatic rings. The first-order valence-corrected chi connectivity index (χ1v) is 11.2. The van der Waals surface area contributed by atoms with E-state index in [0.717, 1.165) is 47.6 Å². The van der Waals surface area contributed by atoms with Gasteiger partial charge < -0.3 is 14.0 Å². The fraction of sp³-hybridized carbons (Fsp3) is 0.591. The summed E-state index contributed by atoms with van der Waals surface area (Å²) in [5, 5.41) is 0. The van der Waals surface area contributed by atoms with Crippen molar-refractivity contribution in [3.8, 4) is 5.75 Å².